The van der Waals surface area contributed by atoms with E-state index in [1.54, 1.807) is 18.2 Å². The molecule has 10 nitrogen and oxygen atoms in total. The molecule has 0 bridgehead atoms. The molecule has 0 radical (unpaired) electrons. The number of allylic oxidation sites excluding steroid dienone is 3. The molecule has 5 aromatic rings. The van der Waals surface area contributed by atoms with Crippen molar-refractivity contribution in [2.24, 2.45) is 0 Å². The average molecular weight is 765 g/mol. The fourth-order valence-corrected chi connectivity index (χ4v) is 6.49. The molecule has 0 saturated heterocycles. The van der Waals surface area contributed by atoms with Crippen molar-refractivity contribution in [2.45, 2.75) is 51.4 Å². The van der Waals surface area contributed by atoms with Gasteiger partial charge < -0.3 is 19.9 Å². The summed E-state index contributed by atoms with van der Waals surface area (Å²) in [4.78, 5) is 31.2. The summed E-state index contributed by atoms with van der Waals surface area (Å²) in [5.41, 5.74) is 4.19. The number of nitrogens with zero attached hydrogens (tertiary/aromatic N) is 5. The van der Waals surface area contributed by atoms with Crippen LogP contribution in [0, 0.1) is 0 Å². The molecule has 1 aliphatic heterocycles. The van der Waals surface area contributed by atoms with E-state index in [1.165, 1.54) is 12.1 Å². The summed E-state index contributed by atoms with van der Waals surface area (Å²) in [5, 5.41) is 14.1. The topological polar surface area (TPSA) is 113 Å². The van der Waals surface area contributed by atoms with Crippen LogP contribution in [-0.2, 0) is 19.6 Å². The van der Waals surface area contributed by atoms with Gasteiger partial charge in [-0.25, -0.2) is 0 Å². The number of rotatable bonds is 23. The molecule has 0 amide bonds. The van der Waals surface area contributed by atoms with Crippen LogP contribution in [0.5, 0.6) is 17.2 Å². The van der Waals surface area contributed by atoms with Crippen molar-refractivity contribution in [1.82, 2.24) is 30.1 Å². The molecule has 10 heteroatoms. The highest BCUT2D eigenvalue weighted by atomic mass is 16.5. The fraction of sp³-hybridized carbons (Fsp3) is 0.277. The van der Waals surface area contributed by atoms with E-state index >= 15 is 0 Å². The SMILES string of the molecule is O=C(/C=C/c1ccc(OCCCCN(Cc2ccccn2)C[C@H]2C=CC=CN2)cc1)c1ccc(OCCCCN(Cc2ccccn2)Cc2ccccn2)cc1O. The zero-order chi connectivity index (χ0) is 39.3. The van der Waals surface area contributed by atoms with Gasteiger partial charge >= 0.3 is 0 Å². The van der Waals surface area contributed by atoms with Crippen LogP contribution in [0.3, 0.4) is 0 Å². The lowest BCUT2D eigenvalue weighted by Gasteiger charge is -2.27. The minimum Gasteiger partial charge on any atom is -0.507 e. The van der Waals surface area contributed by atoms with Crippen molar-refractivity contribution >= 4 is 11.9 Å². The number of aromatic nitrogens is 3. The molecule has 1 aliphatic rings. The number of hydrogen-bond donors (Lipinski definition) is 2. The van der Waals surface area contributed by atoms with E-state index in [0.717, 1.165) is 93.3 Å². The number of ether oxygens (including phenoxy) is 2. The van der Waals surface area contributed by atoms with Gasteiger partial charge in [0.15, 0.2) is 5.78 Å². The van der Waals surface area contributed by atoms with Crippen LogP contribution in [0.25, 0.3) is 6.08 Å². The molecule has 294 valence electrons. The van der Waals surface area contributed by atoms with Gasteiger partial charge in [0.2, 0.25) is 0 Å². The van der Waals surface area contributed by atoms with Gasteiger partial charge in [-0.05, 0) is 123 Å². The molecule has 0 aliphatic carbocycles. The summed E-state index contributed by atoms with van der Waals surface area (Å²) < 4.78 is 11.9. The standard InChI is InChI=1S/C47H52N6O4/c54-46(45-23-22-44(33-47(45)55)57-32-12-10-30-53(36-41-15-3-7-27-50-41)37-42-16-4-8-28-51-42)24-19-38-17-20-43(21-18-38)56-31-11-9-29-52(34-39-13-1-5-25-48-39)35-40-14-2-6-26-49-40/h1-8,13-28,33,39,48,55H,9-12,29-32,34-37H2/b24-19+/t39-/m1/s1. The Kier molecular flexibility index (Phi) is 16.0. The van der Waals surface area contributed by atoms with Crippen LogP contribution in [-0.4, -0.2) is 74.5 Å². The third-order valence-electron chi connectivity index (χ3n) is 9.47. The van der Waals surface area contributed by atoms with E-state index in [0.29, 0.717) is 19.0 Å². The largest absolute Gasteiger partial charge is 0.507 e. The van der Waals surface area contributed by atoms with Crippen LogP contribution in [0.15, 0.2) is 146 Å². The zero-order valence-electron chi connectivity index (χ0n) is 32.4. The second-order valence-electron chi connectivity index (χ2n) is 14.0. The van der Waals surface area contributed by atoms with Crippen molar-refractivity contribution in [3.63, 3.8) is 0 Å². The maximum atomic E-state index is 13.0. The monoisotopic (exact) mass is 764 g/mol. The first-order chi connectivity index (χ1) is 28.1. The predicted molar refractivity (Wildman–Crippen MR) is 225 cm³/mol. The summed E-state index contributed by atoms with van der Waals surface area (Å²) in [6.07, 6.45) is 20.6. The molecule has 0 saturated carbocycles. The molecule has 57 heavy (non-hydrogen) atoms. The number of unbranched alkanes of at least 4 members (excludes halogenated alkanes) is 2. The highest BCUT2D eigenvalue weighted by molar-refractivity contribution is 6.08. The summed E-state index contributed by atoms with van der Waals surface area (Å²) in [7, 11) is 0. The Labute approximate surface area is 336 Å². The second-order valence-corrected chi connectivity index (χ2v) is 14.0. The van der Waals surface area contributed by atoms with Crippen LogP contribution in [0.2, 0.25) is 0 Å². The number of pyridine rings is 3. The van der Waals surface area contributed by atoms with Gasteiger partial charge in [0.25, 0.3) is 0 Å². The molecule has 6 rings (SSSR count). The number of phenols is 1. The number of carbonyl (C=O) groups excluding carboxylic acids is 1. The van der Waals surface area contributed by atoms with Crippen molar-refractivity contribution in [3.05, 3.63) is 174 Å². The summed E-state index contributed by atoms with van der Waals surface area (Å²) in [5.74, 6) is 0.911. The summed E-state index contributed by atoms with van der Waals surface area (Å²) in [6.45, 7) is 6.09. The molecule has 0 unspecified atom stereocenters. The van der Waals surface area contributed by atoms with E-state index in [1.807, 2.05) is 104 Å². The Morgan fingerprint density at radius 2 is 1.26 bits per heavy atom. The van der Waals surface area contributed by atoms with Crippen molar-refractivity contribution < 1.29 is 19.4 Å². The van der Waals surface area contributed by atoms with Crippen LogP contribution in [0.4, 0.5) is 0 Å². The quantitative estimate of drug-likeness (QED) is 0.0385. The van der Waals surface area contributed by atoms with Crippen molar-refractivity contribution in [1.29, 1.82) is 0 Å². The number of nitrogens with one attached hydrogen (secondary N) is 1. The van der Waals surface area contributed by atoms with Crippen molar-refractivity contribution in [3.8, 4) is 17.2 Å². The number of phenolic OH excluding ortho intramolecular Hbond substituents is 1. The molecule has 3 aromatic heterocycles. The third-order valence-corrected chi connectivity index (χ3v) is 9.47. The number of aromatic hydroxyl groups is 1. The van der Waals surface area contributed by atoms with Crippen LogP contribution >= 0.6 is 0 Å². The van der Waals surface area contributed by atoms with Crippen LogP contribution in [0.1, 0.15) is 58.7 Å². The number of dihydropyridines is 1. The molecule has 1 atom stereocenters. The summed E-state index contributed by atoms with van der Waals surface area (Å²) >= 11 is 0. The first kappa shape index (κ1) is 40.6. The highest BCUT2D eigenvalue weighted by Gasteiger charge is 2.14. The van der Waals surface area contributed by atoms with Gasteiger partial charge in [-0.1, -0.05) is 48.6 Å². The van der Waals surface area contributed by atoms with E-state index in [9.17, 15) is 9.90 Å². The molecule has 0 fully saturated rings. The summed E-state index contributed by atoms with van der Waals surface area (Å²) in [6, 6.07) is 30.7. The minimum absolute atomic E-state index is 0.109. The number of hydrogen-bond acceptors (Lipinski definition) is 10. The second kappa shape index (κ2) is 22.5. The molecule has 2 N–H and O–H groups in total. The van der Waals surface area contributed by atoms with Crippen molar-refractivity contribution in [2.75, 3.05) is 32.8 Å². The third kappa shape index (κ3) is 14.2. The number of ketones is 1. The maximum absolute atomic E-state index is 13.0. The number of benzene rings is 2. The fourth-order valence-electron chi connectivity index (χ4n) is 6.49. The molecule has 4 heterocycles. The van der Waals surface area contributed by atoms with Gasteiger partial charge in [0.1, 0.15) is 17.2 Å². The normalized spacial score (nSPS) is 13.6. The molecule has 0 spiro atoms. The first-order valence-corrected chi connectivity index (χ1v) is 19.7. The van der Waals surface area contributed by atoms with Gasteiger partial charge in [0, 0.05) is 50.8 Å². The van der Waals surface area contributed by atoms with Gasteiger partial charge in [0.05, 0.1) is 41.9 Å². The van der Waals surface area contributed by atoms with Gasteiger partial charge in [-0.2, -0.15) is 0 Å². The Bertz CT molecular complexity index is 1980. The van der Waals surface area contributed by atoms with E-state index in [-0.39, 0.29) is 23.1 Å². The lowest BCUT2D eigenvalue weighted by atomic mass is 10.1. The minimum atomic E-state index is -0.288. The zero-order valence-corrected chi connectivity index (χ0v) is 32.4. The Hall–Kier alpha value is -6.10. The Morgan fingerprint density at radius 1 is 0.684 bits per heavy atom. The van der Waals surface area contributed by atoms with E-state index < -0.39 is 0 Å². The number of carbonyl (C=O) groups is 1. The first-order valence-electron chi connectivity index (χ1n) is 19.7. The Morgan fingerprint density at radius 3 is 1.82 bits per heavy atom. The lowest BCUT2D eigenvalue weighted by molar-refractivity contribution is 0.104. The lowest BCUT2D eigenvalue weighted by Crippen LogP contribution is -2.39. The highest BCUT2D eigenvalue weighted by Crippen LogP contribution is 2.25. The predicted octanol–water partition coefficient (Wildman–Crippen LogP) is 8.04. The van der Waals surface area contributed by atoms with Gasteiger partial charge in [-0.3, -0.25) is 29.5 Å². The van der Waals surface area contributed by atoms with Gasteiger partial charge in [-0.15, -0.1) is 0 Å². The molecule has 2 aromatic carbocycles. The average Bonchev–Trinajstić information content (AvgIpc) is 3.24. The van der Waals surface area contributed by atoms with Crippen LogP contribution < -0.4 is 14.8 Å². The van der Waals surface area contributed by atoms with E-state index in [2.05, 4.69) is 48.3 Å². The maximum Gasteiger partial charge on any atom is 0.189 e. The smallest absolute Gasteiger partial charge is 0.189 e. The Balaban J connectivity index is 0.893. The van der Waals surface area contributed by atoms with E-state index in [4.69, 9.17) is 9.47 Å². The molecular weight excluding hydrogens is 713 g/mol. The molecular formula is C47H52N6O4.